The quantitative estimate of drug-likeness (QED) is 0.840. The Labute approximate surface area is 126 Å². The Kier molecular flexibility index (Phi) is 4.04. The molecule has 1 saturated carbocycles. The SMILES string of the molecule is CC(C(=O)NC1CCCC1)N1CCCc2c(N)cccc21. The lowest BCUT2D eigenvalue weighted by atomic mass is 9.98. The summed E-state index contributed by atoms with van der Waals surface area (Å²) in [6.07, 6.45) is 6.80. The lowest BCUT2D eigenvalue weighted by molar-refractivity contribution is -0.122. The fraction of sp³-hybridized carbons (Fsp3) is 0.588. The van der Waals surface area contributed by atoms with Crippen molar-refractivity contribution < 1.29 is 4.79 Å². The van der Waals surface area contributed by atoms with Gasteiger partial charge in [0.15, 0.2) is 0 Å². The summed E-state index contributed by atoms with van der Waals surface area (Å²) < 4.78 is 0. The van der Waals surface area contributed by atoms with Crippen LogP contribution in [0.1, 0.15) is 44.6 Å². The van der Waals surface area contributed by atoms with Gasteiger partial charge in [0.25, 0.3) is 0 Å². The molecular formula is C17H25N3O. The van der Waals surface area contributed by atoms with Crippen molar-refractivity contribution >= 4 is 17.3 Å². The van der Waals surface area contributed by atoms with E-state index in [4.69, 9.17) is 5.73 Å². The number of nitrogens with two attached hydrogens (primary N) is 1. The van der Waals surface area contributed by atoms with Crippen LogP contribution in [0.15, 0.2) is 18.2 Å². The van der Waals surface area contributed by atoms with E-state index in [1.54, 1.807) is 0 Å². The van der Waals surface area contributed by atoms with Crippen molar-refractivity contribution in [3.8, 4) is 0 Å². The predicted octanol–water partition coefficient (Wildman–Crippen LogP) is 2.47. The monoisotopic (exact) mass is 287 g/mol. The number of nitrogens with one attached hydrogen (secondary N) is 1. The average Bonchev–Trinajstić information content (AvgIpc) is 2.99. The number of carbonyl (C=O) groups excluding carboxylic acids is 1. The van der Waals surface area contributed by atoms with Gasteiger partial charge in [-0.25, -0.2) is 0 Å². The Bertz CT molecular complexity index is 523. The molecule has 1 unspecified atom stereocenters. The van der Waals surface area contributed by atoms with Gasteiger partial charge >= 0.3 is 0 Å². The number of nitrogen functional groups attached to an aromatic ring is 1. The number of amides is 1. The van der Waals surface area contributed by atoms with Crippen molar-refractivity contribution in [2.45, 2.75) is 57.5 Å². The highest BCUT2D eigenvalue weighted by Crippen LogP contribution is 2.32. The third-order valence-corrected chi connectivity index (χ3v) is 4.87. The molecule has 1 amide bonds. The Morgan fingerprint density at radius 2 is 2.10 bits per heavy atom. The summed E-state index contributed by atoms with van der Waals surface area (Å²) in [6, 6.07) is 6.26. The van der Waals surface area contributed by atoms with E-state index in [0.717, 1.165) is 43.6 Å². The van der Waals surface area contributed by atoms with Gasteiger partial charge in [-0.2, -0.15) is 0 Å². The van der Waals surface area contributed by atoms with Gasteiger partial charge in [0, 0.05) is 24.0 Å². The highest BCUT2D eigenvalue weighted by atomic mass is 16.2. The molecule has 21 heavy (non-hydrogen) atoms. The first-order valence-corrected chi connectivity index (χ1v) is 8.11. The van der Waals surface area contributed by atoms with Crippen LogP contribution in [0.3, 0.4) is 0 Å². The zero-order valence-electron chi connectivity index (χ0n) is 12.8. The van der Waals surface area contributed by atoms with Crippen molar-refractivity contribution in [3.05, 3.63) is 23.8 Å². The second-order valence-electron chi connectivity index (χ2n) is 6.31. The Morgan fingerprint density at radius 3 is 2.86 bits per heavy atom. The van der Waals surface area contributed by atoms with Gasteiger partial charge in [0.1, 0.15) is 6.04 Å². The van der Waals surface area contributed by atoms with Gasteiger partial charge in [-0.1, -0.05) is 18.9 Å². The van der Waals surface area contributed by atoms with Crippen LogP contribution in [0.2, 0.25) is 0 Å². The van der Waals surface area contributed by atoms with E-state index in [-0.39, 0.29) is 11.9 Å². The molecule has 1 aliphatic heterocycles. The standard InChI is InChI=1S/C17H25N3O/c1-12(17(21)19-13-6-2-3-7-13)20-11-5-8-14-15(18)9-4-10-16(14)20/h4,9-10,12-13H,2-3,5-8,11,18H2,1H3,(H,19,21). The summed E-state index contributed by atoms with van der Waals surface area (Å²) in [5, 5.41) is 3.21. The summed E-state index contributed by atoms with van der Waals surface area (Å²) in [7, 11) is 0. The summed E-state index contributed by atoms with van der Waals surface area (Å²) in [5.74, 6) is 0.150. The molecule has 4 nitrogen and oxygen atoms in total. The third-order valence-electron chi connectivity index (χ3n) is 4.87. The maximum atomic E-state index is 12.5. The molecule has 1 aromatic carbocycles. The average molecular weight is 287 g/mol. The van der Waals surface area contributed by atoms with Crippen molar-refractivity contribution in [1.29, 1.82) is 0 Å². The van der Waals surface area contributed by atoms with Crippen LogP contribution in [0.25, 0.3) is 0 Å². The van der Waals surface area contributed by atoms with Crippen LogP contribution in [0.5, 0.6) is 0 Å². The number of carbonyl (C=O) groups is 1. The van der Waals surface area contributed by atoms with Gasteiger partial charge in [-0.05, 0) is 50.3 Å². The number of nitrogens with zero attached hydrogens (tertiary/aromatic N) is 1. The number of anilines is 2. The van der Waals surface area contributed by atoms with Gasteiger partial charge in [-0.15, -0.1) is 0 Å². The van der Waals surface area contributed by atoms with Crippen molar-refractivity contribution in [2.24, 2.45) is 0 Å². The molecule has 3 rings (SSSR count). The summed E-state index contributed by atoms with van der Waals surface area (Å²) in [4.78, 5) is 14.7. The second kappa shape index (κ2) is 5.96. The molecule has 114 valence electrons. The minimum atomic E-state index is -0.133. The van der Waals surface area contributed by atoms with Crippen LogP contribution in [0.4, 0.5) is 11.4 Å². The normalized spacial score (nSPS) is 20.1. The van der Waals surface area contributed by atoms with E-state index < -0.39 is 0 Å². The van der Waals surface area contributed by atoms with Crippen LogP contribution < -0.4 is 16.0 Å². The molecule has 0 spiro atoms. The van der Waals surface area contributed by atoms with Crippen LogP contribution >= 0.6 is 0 Å². The minimum absolute atomic E-state index is 0.133. The smallest absolute Gasteiger partial charge is 0.242 e. The van der Waals surface area contributed by atoms with Gasteiger partial charge < -0.3 is 16.0 Å². The Hall–Kier alpha value is -1.71. The van der Waals surface area contributed by atoms with Gasteiger partial charge in [-0.3, -0.25) is 4.79 Å². The molecule has 0 saturated heterocycles. The molecule has 3 N–H and O–H groups in total. The first kappa shape index (κ1) is 14.2. The number of fused-ring (bicyclic) bond motifs is 1. The van der Waals surface area contributed by atoms with Crippen LogP contribution in [-0.2, 0) is 11.2 Å². The number of hydrogen-bond donors (Lipinski definition) is 2. The third kappa shape index (κ3) is 2.85. The number of rotatable bonds is 3. The van der Waals surface area contributed by atoms with E-state index in [9.17, 15) is 4.79 Å². The van der Waals surface area contributed by atoms with Crippen molar-refractivity contribution in [1.82, 2.24) is 5.32 Å². The topological polar surface area (TPSA) is 58.4 Å². The molecule has 0 radical (unpaired) electrons. The highest BCUT2D eigenvalue weighted by Gasteiger charge is 2.28. The molecule has 2 aliphatic rings. The Balaban J connectivity index is 1.75. The molecule has 1 atom stereocenters. The Morgan fingerprint density at radius 1 is 1.33 bits per heavy atom. The fourth-order valence-corrected chi connectivity index (χ4v) is 3.62. The molecule has 1 fully saturated rings. The zero-order valence-corrected chi connectivity index (χ0v) is 12.8. The maximum Gasteiger partial charge on any atom is 0.242 e. The number of hydrogen-bond acceptors (Lipinski definition) is 3. The number of benzene rings is 1. The molecule has 1 heterocycles. The largest absolute Gasteiger partial charge is 0.398 e. The summed E-state index contributed by atoms with van der Waals surface area (Å²) >= 11 is 0. The molecule has 0 aromatic heterocycles. The van der Waals surface area contributed by atoms with Crippen molar-refractivity contribution in [3.63, 3.8) is 0 Å². The molecular weight excluding hydrogens is 262 g/mol. The molecule has 1 aliphatic carbocycles. The van der Waals surface area contributed by atoms with E-state index in [0.29, 0.717) is 6.04 Å². The first-order chi connectivity index (χ1) is 10.2. The molecule has 1 aromatic rings. The zero-order chi connectivity index (χ0) is 14.8. The summed E-state index contributed by atoms with van der Waals surface area (Å²) in [6.45, 7) is 2.93. The van der Waals surface area contributed by atoms with E-state index in [1.165, 1.54) is 18.4 Å². The second-order valence-corrected chi connectivity index (χ2v) is 6.31. The van der Waals surface area contributed by atoms with Crippen molar-refractivity contribution in [2.75, 3.05) is 17.2 Å². The first-order valence-electron chi connectivity index (χ1n) is 8.11. The van der Waals surface area contributed by atoms with E-state index in [1.807, 2.05) is 19.1 Å². The maximum absolute atomic E-state index is 12.5. The van der Waals surface area contributed by atoms with Gasteiger partial charge in [0.05, 0.1) is 0 Å². The lowest BCUT2D eigenvalue weighted by Gasteiger charge is -2.36. The van der Waals surface area contributed by atoms with Gasteiger partial charge in [0.2, 0.25) is 5.91 Å². The lowest BCUT2D eigenvalue weighted by Crippen LogP contribution is -2.49. The van der Waals surface area contributed by atoms with E-state index in [2.05, 4.69) is 16.3 Å². The highest BCUT2D eigenvalue weighted by molar-refractivity contribution is 5.86. The minimum Gasteiger partial charge on any atom is -0.398 e. The predicted molar refractivity (Wildman–Crippen MR) is 86.4 cm³/mol. The fourth-order valence-electron chi connectivity index (χ4n) is 3.62. The molecule has 4 heteroatoms. The molecule has 0 bridgehead atoms. The van der Waals surface area contributed by atoms with Crippen LogP contribution in [-0.4, -0.2) is 24.5 Å². The van der Waals surface area contributed by atoms with E-state index >= 15 is 0 Å². The van der Waals surface area contributed by atoms with Crippen LogP contribution in [0, 0.1) is 0 Å². The summed E-state index contributed by atoms with van der Waals surface area (Å²) in [5.41, 5.74) is 9.27.